The van der Waals surface area contributed by atoms with Crippen molar-refractivity contribution in [2.75, 3.05) is 36.2 Å². The Morgan fingerprint density at radius 3 is 1.66 bits per heavy atom. The van der Waals surface area contributed by atoms with Crippen molar-refractivity contribution < 1.29 is 19.1 Å². The van der Waals surface area contributed by atoms with E-state index in [1.54, 1.807) is 0 Å². The summed E-state index contributed by atoms with van der Waals surface area (Å²) >= 11 is 11.3. The van der Waals surface area contributed by atoms with Gasteiger partial charge in [0.1, 0.15) is 13.2 Å². The van der Waals surface area contributed by atoms with Gasteiger partial charge in [-0.3, -0.25) is 0 Å². The van der Waals surface area contributed by atoms with Crippen molar-refractivity contribution in [2.45, 2.75) is 34.8 Å². The molecule has 0 N–H and O–H groups in total. The molecule has 10 heteroatoms. The van der Waals surface area contributed by atoms with E-state index in [4.69, 9.17) is 9.47 Å². The molecule has 0 aliphatic carbocycles. The van der Waals surface area contributed by atoms with Crippen LogP contribution in [0.5, 0.6) is 0 Å². The van der Waals surface area contributed by atoms with Crippen molar-refractivity contribution in [2.24, 2.45) is 0 Å². The number of ether oxygens (including phenoxy) is 2. The Morgan fingerprint density at radius 2 is 1.25 bits per heavy atom. The number of thioether (sulfide) groups is 6. The van der Waals surface area contributed by atoms with Gasteiger partial charge in [0.2, 0.25) is 0 Å². The Hall–Kier alpha value is -0.000000000000000222. The number of carbonyl (C=O) groups is 2. The van der Waals surface area contributed by atoms with E-state index in [0.29, 0.717) is 22.4 Å². The predicted molar refractivity (Wildman–Crippen MR) is 150 cm³/mol. The summed E-state index contributed by atoms with van der Waals surface area (Å²) < 4.78 is 11.2. The molecule has 0 spiro atoms. The van der Waals surface area contributed by atoms with E-state index in [9.17, 15) is 9.59 Å². The molecule has 0 bridgehead atoms. The quantitative estimate of drug-likeness (QED) is 0.110. The lowest BCUT2D eigenvalue weighted by Crippen LogP contribution is -2.03. The molecule has 2 heterocycles. The first-order chi connectivity index (χ1) is 15.6. The third-order valence-corrected chi connectivity index (χ3v) is 12.5. The molecule has 178 valence electrons. The maximum Gasteiger partial charge on any atom is 0.330 e. The number of unbranched alkanes of at least 4 members (excludes halogenated alkanes) is 3. The highest BCUT2D eigenvalue weighted by molar-refractivity contribution is 8.24. The van der Waals surface area contributed by atoms with Gasteiger partial charge in [0.25, 0.3) is 0 Å². The van der Waals surface area contributed by atoms with E-state index in [0.717, 1.165) is 21.3 Å². The van der Waals surface area contributed by atoms with Crippen LogP contribution in [0.25, 0.3) is 0 Å². The summed E-state index contributed by atoms with van der Waals surface area (Å²) in [6.45, 7) is 7.54. The average Bonchev–Trinajstić information content (AvgIpc) is 3.46. The Kier molecular flexibility index (Phi) is 15.4. The van der Waals surface area contributed by atoms with Crippen molar-refractivity contribution in [3.05, 3.63) is 45.9 Å². The summed E-state index contributed by atoms with van der Waals surface area (Å²) in [5.41, 5.74) is 0. The lowest BCUT2D eigenvalue weighted by atomic mass is 10.2. The van der Waals surface area contributed by atoms with E-state index in [1.807, 2.05) is 70.6 Å². The van der Waals surface area contributed by atoms with E-state index in [-0.39, 0.29) is 11.9 Å². The second kappa shape index (κ2) is 17.4. The molecule has 2 atom stereocenters. The largest absolute Gasteiger partial charge is 0.457 e. The van der Waals surface area contributed by atoms with Crippen LogP contribution < -0.4 is 0 Å². The van der Waals surface area contributed by atoms with Gasteiger partial charge in [-0.05, 0) is 35.2 Å². The number of hydrogen-bond acceptors (Lipinski definition) is 10. The van der Waals surface area contributed by atoms with Crippen LogP contribution in [0.1, 0.15) is 25.7 Å². The van der Waals surface area contributed by atoms with Gasteiger partial charge in [0, 0.05) is 33.5 Å². The summed E-state index contributed by atoms with van der Waals surface area (Å²) in [6, 6.07) is 0. The lowest BCUT2D eigenvalue weighted by Gasteiger charge is -2.10. The summed E-state index contributed by atoms with van der Waals surface area (Å²) in [5.74, 6) is 3.95. The minimum atomic E-state index is -0.362. The van der Waals surface area contributed by atoms with Crippen LogP contribution in [-0.2, 0) is 19.1 Å². The fourth-order valence-corrected chi connectivity index (χ4v) is 10.4. The lowest BCUT2D eigenvalue weighted by molar-refractivity contribution is -0.137. The number of hydrogen-bond donors (Lipinski definition) is 0. The summed E-state index contributed by atoms with van der Waals surface area (Å²) in [5, 5.41) is 4.22. The predicted octanol–water partition coefficient (Wildman–Crippen LogP) is 6.77. The van der Waals surface area contributed by atoms with Crippen LogP contribution >= 0.6 is 70.6 Å². The average molecular weight is 551 g/mol. The second-order valence-electron chi connectivity index (χ2n) is 6.72. The summed E-state index contributed by atoms with van der Waals surface area (Å²) in [7, 11) is 0. The molecule has 0 aromatic carbocycles. The molecular weight excluding hydrogens is 521 g/mol. The first-order valence-electron chi connectivity index (χ1n) is 10.4. The molecule has 0 fully saturated rings. The van der Waals surface area contributed by atoms with Crippen LogP contribution in [0, 0.1) is 0 Å². The van der Waals surface area contributed by atoms with Gasteiger partial charge in [0.05, 0.1) is 9.16 Å². The molecule has 0 amide bonds. The van der Waals surface area contributed by atoms with E-state index in [2.05, 4.69) is 24.0 Å². The van der Waals surface area contributed by atoms with E-state index < -0.39 is 0 Å². The Morgan fingerprint density at radius 1 is 0.812 bits per heavy atom. The van der Waals surface area contributed by atoms with Crippen molar-refractivity contribution in [3.8, 4) is 0 Å². The van der Waals surface area contributed by atoms with Crippen molar-refractivity contribution in [3.63, 3.8) is 0 Å². The van der Waals surface area contributed by atoms with Crippen LogP contribution in [0.15, 0.2) is 45.9 Å². The number of esters is 2. The molecule has 0 aromatic heterocycles. The van der Waals surface area contributed by atoms with E-state index in [1.165, 1.54) is 49.3 Å². The van der Waals surface area contributed by atoms with Crippen LogP contribution in [0.3, 0.4) is 0 Å². The van der Waals surface area contributed by atoms with E-state index >= 15 is 0 Å². The Balaban J connectivity index is 1.34. The fraction of sp³-hybridized carbons (Fsp3) is 0.545. The number of carbonyl (C=O) groups excluding carboxylic acids is 2. The molecule has 0 radical (unpaired) electrons. The first-order valence-corrected chi connectivity index (χ1v) is 16.3. The Labute approximate surface area is 217 Å². The SMILES string of the molecule is C=CC(=O)OCC1=CSC(CSCCCCCCSCC2SC=C(COC(=O)C=C)S2)S1. The molecule has 0 aromatic rings. The molecule has 2 aliphatic heterocycles. The van der Waals surface area contributed by atoms with Gasteiger partial charge in [-0.25, -0.2) is 9.59 Å². The molecule has 0 saturated carbocycles. The van der Waals surface area contributed by atoms with Gasteiger partial charge >= 0.3 is 11.9 Å². The normalized spacial score (nSPS) is 19.9. The molecule has 2 unspecified atom stereocenters. The van der Waals surface area contributed by atoms with Crippen LogP contribution in [0.4, 0.5) is 0 Å². The Bertz CT molecular complexity index is 636. The smallest absolute Gasteiger partial charge is 0.330 e. The zero-order chi connectivity index (χ0) is 23.0. The van der Waals surface area contributed by atoms with Gasteiger partial charge < -0.3 is 9.47 Å². The maximum atomic E-state index is 11.1. The monoisotopic (exact) mass is 550 g/mol. The van der Waals surface area contributed by atoms with Crippen LogP contribution in [-0.4, -0.2) is 57.3 Å². The highest BCUT2D eigenvalue weighted by atomic mass is 32.2. The zero-order valence-electron chi connectivity index (χ0n) is 18.0. The molecule has 0 saturated heterocycles. The molecule has 2 aliphatic rings. The van der Waals surface area contributed by atoms with Crippen molar-refractivity contribution in [1.29, 1.82) is 0 Å². The third-order valence-electron chi connectivity index (χ3n) is 4.15. The van der Waals surface area contributed by atoms with Gasteiger partial charge in [0.15, 0.2) is 0 Å². The van der Waals surface area contributed by atoms with Gasteiger partial charge in [-0.15, -0.1) is 47.0 Å². The van der Waals surface area contributed by atoms with Gasteiger partial charge in [-0.1, -0.05) is 26.0 Å². The molecule has 4 nitrogen and oxygen atoms in total. The standard InChI is InChI=1S/C22H30O4S6/c1-3-19(23)25-11-17-13-29-21(31-17)15-27-9-7-5-6-8-10-28-16-22-30-14-18(32-22)12-26-20(24)4-2/h3-4,13-14,21-22H,1-2,5-12,15-16H2. The second-order valence-corrected chi connectivity index (χ2v) is 14.4. The minimum absolute atomic E-state index is 0.362. The van der Waals surface area contributed by atoms with Crippen LogP contribution in [0.2, 0.25) is 0 Å². The number of rotatable bonds is 17. The third kappa shape index (κ3) is 12.5. The highest BCUT2D eigenvalue weighted by Crippen LogP contribution is 2.42. The highest BCUT2D eigenvalue weighted by Gasteiger charge is 2.20. The topological polar surface area (TPSA) is 52.6 Å². The minimum Gasteiger partial charge on any atom is -0.457 e. The van der Waals surface area contributed by atoms with Crippen molar-refractivity contribution in [1.82, 2.24) is 0 Å². The summed E-state index contributed by atoms with van der Waals surface area (Å²) in [6.07, 6.45) is 7.56. The molecule has 32 heavy (non-hydrogen) atoms. The van der Waals surface area contributed by atoms with Gasteiger partial charge in [-0.2, -0.15) is 23.5 Å². The molecule has 2 rings (SSSR count). The molecular formula is C22H30O4S6. The van der Waals surface area contributed by atoms with Crippen molar-refractivity contribution >= 4 is 82.5 Å². The summed E-state index contributed by atoms with van der Waals surface area (Å²) in [4.78, 5) is 24.5. The zero-order valence-corrected chi connectivity index (χ0v) is 22.9. The fourth-order valence-electron chi connectivity index (χ4n) is 2.56. The first kappa shape index (κ1) is 28.2. The maximum absolute atomic E-state index is 11.1.